The van der Waals surface area contributed by atoms with Gasteiger partial charge in [-0.2, -0.15) is 5.26 Å². The maximum absolute atomic E-state index is 11.3. The van der Waals surface area contributed by atoms with Crippen LogP contribution in [0.25, 0.3) is 0 Å². The van der Waals surface area contributed by atoms with Crippen molar-refractivity contribution in [3.63, 3.8) is 0 Å². The van der Waals surface area contributed by atoms with Crippen molar-refractivity contribution in [2.75, 3.05) is 13.2 Å². The predicted molar refractivity (Wildman–Crippen MR) is 44.5 cm³/mol. The minimum absolute atomic E-state index is 0.151. The quantitative estimate of drug-likeness (QED) is 0.645. The molecule has 0 aromatic carbocycles. The molecule has 0 radical (unpaired) electrons. The summed E-state index contributed by atoms with van der Waals surface area (Å²) >= 11 is 0. The van der Waals surface area contributed by atoms with Crippen molar-refractivity contribution in [1.29, 1.82) is 5.26 Å². The molecule has 1 saturated heterocycles. The fourth-order valence-corrected chi connectivity index (χ4v) is 1.80. The largest absolute Gasteiger partial charge is 0.381 e. The molecular formula is C9H12N2O2. The van der Waals surface area contributed by atoms with E-state index in [2.05, 4.69) is 5.32 Å². The summed E-state index contributed by atoms with van der Waals surface area (Å²) in [7, 11) is 0. The van der Waals surface area contributed by atoms with Gasteiger partial charge in [0, 0.05) is 17.9 Å². The molecule has 2 aliphatic rings. The summed E-state index contributed by atoms with van der Waals surface area (Å²) in [6, 6.07) is 2.20. The molecule has 1 aliphatic carbocycles. The van der Waals surface area contributed by atoms with Gasteiger partial charge in [-0.25, -0.2) is 0 Å². The SMILES string of the molecule is CC(C#N)C(=O)NC1[C@H]2COC[C@H]12. The Morgan fingerprint density at radius 2 is 2.23 bits per heavy atom. The first-order valence-corrected chi connectivity index (χ1v) is 4.51. The highest BCUT2D eigenvalue weighted by molar-refractivity contribution is 5.81. The van der Waals surface area contributed by atoms with Crippen LogP contribution in [-0.4, -0.2) is 25.2 Å². The van der Waals surface area contributed by atoms with Gasteiger partial charge in [-0.15, -0.1) is 0 Å². The number of carbonyl (C=O) groups excluding carboxylic acids is 1. The van der Waals surface area contributed by atoms with Crippen LogP contribution in [0.4, 0.5) is 0 Å². The van der Waals surface area contributed by atoms with Crippen LogP contribution >= 0.6 is 0 Å². The van der Waals surface area contributed by atoms with Crippen LogP contribution < -0.4 is 5.32 Å². The molecule has 0 bridgehead atoms. The van der Waals surface area contributed by atoms with Crippen LogP contribution in [0.15, 0.2) is 0 Å². The smallest absolute Gasteiger partial charge is 0.237 e. The van der Waals surface area contributed by atoms with Gasteiger partial charge in [0.25, 0.3) is 0 Å². The van der Waals surface area contributed by atoms with Gasteiger partial charge >= 0.3 is 0 Å². The third kappa shape index (κ3) is 1.40. The van der Waals surface area contributed by atoms with Crippen molar-refractivity contribution in [2.24, 2.45) is 17.8 Å². The van der Waals surface area contributed by atoms with E-state index >= 15 is 0 Å². The number of hydrogen-bond donors (Lipinski definition) is 1. The monoisotopic (exact) mass is 180 g/mol. The molecule has 0 aromatic heterocycles. The molecule has 2 fully saturated rings. The van der Waals surface area contributed by atoms with Gasteiger partial charge in [-0.1, -0.05) is 0 Å². The van der Waals surface area contributed by atoms with Crippen LogP contribution in [0.2, 0.25) is 0 Å². The number of nitrogens with zero attached hydrogens (tertiary/aromatic N) is 1. The Balaban J connectivity index is 1.81. The lowest BCUT2D eigenvalue weighted by molar-refractivity contribution is -0.123. The zero-order chi connectivity index (χ0) is 9.42. The Bertz CT molecular complexity index is 261. The highest BCUT2D eigenvalue weighted by Crippen LogP contribution is 2.44. The molecular weight excluding hydrogens is 168 g/mol. The lowest BCUT2D eigenvalue weighted by Crippen LogP contribution is -2.33. The van der Waals surface area contributed by atoms with Crippen LogP contribution in [0.5, 0.6) is 0 Å². The maximum Gasteiger partial charge on any atom is 0.237 e. The lowest BCUT2D eigenvalue weighted by Gasteiger charge is -2.07. The fourth-order valence-electron chi connectivity index (χ4n) is 1.80. The maximum atomic E-state index is 11.3. The predicted octanol–water partition coefficient (Wildman–Crippen LogP) is -0.0929. The summed E-state index contributed by atoms with van der Waals surface area (Å²) in [6.07, 6.45) is 0. The van der Waals surface area contributed by atoms with E-state index in [0.29, 0.717) is 11.8 Å². The molecule has 1 aliphatic heterocycles. The standard InChI is InChI=1S/C9H12N2O2/c1-5(2-10)9(12)11-8-6-3-13-4-7(6)8/h5-8H,3-4H2,1H3,(H,11,12)/t5?,6-,7-/m0/s1. The minimum atomic E-state index is -0.540. The van der Waals surface area contributed by atoms with Crippen LogP contribution in [-0.2, 0) is 9.53 Å². The van der Waals surface area contributed by atoms with E-state index in [-0.39, 0.29) is 11.9 Å². The molecule has 4 nitrogen and oxygen atoms in total. The van der Waals surface area contributed by atoms with E-state index < -0.39 is 5.92 Å². The molecule has 4 heteroatoms. The van der Waals surface area contributed by atoms with Crippen molar-refractivity contribution in [1.82, 2.24) is 5.32 Å². The summed E-state index contributed by atoms with van der Waals surface area (Å²) < 4.78 is 5.19. The summed E-state index contributed by atoms with van der Waals surface area (Å²) in [4.78, 5) is 11.3. The second-order valence-electron chi connectivity index (χ2n) is 3.75. The number of rotatable bonds is 2. The van der Waals surface area contributed by atoms with Gasteiger partial charge in [-0.3, -0.25) is 4.79 Å². The van der Waals surface area contributed by atoms with E-state index in [4.69, 9.17) is 10.00 Å². The number of hydrogen-bond acceptors (Lipinski definition) is 3. The minimum Gasteiger partial charge on any atom is -0.381 e. The molecule has 1 heterocycles. The van der Waals surface area contributed by atoms with E-state index in [1.165, 1.54) is 0 Å². The fraction of sp³-hybridized carbons (Fsp3) is 0.778. The average Bonchev–Trinajstić information content (AvgIpc) is 2.63. The van der Waals surface area contributed by atoms with Crippen molar-refractivity contribution in [3.8, 4) is 6.07 Å². The number of nitriles is 1. The zero-order valence-electron chi connectivity index (χ0n) is 7.49. The second-order valence-corrected chi connectivity index (χ2v) is 3.75. The Kier molecular flexibility index (Phi) is 1.97. The molecule has 1 amide bonds. The van der Waals surface area contributed by atoms with Crippen molar-refractivity contribution in [3.05, 3.63) is 0 Å². The van der Waals surface area contributed by atoms with Gasteiger partial charge in [0.2, 0.25) is 5.91 Å². The number of nitrogens with one attached hydrogen (secondary N) is 1. The van der Waals surface area contributed by atoms with Crippen molar-refractivity contribution < 1.29 is 9.53 Å². The average molecular weight is 180 g/mol. The Morgan fingerprint density at radius 3 is 2.77 bits per heavy atom. The van der Waals surface area contributed by atoms with Gasteiger partial charge in [0.05, 0.1) is 19.3 Å². The summed E-state index contributed by atoms with van der Waals surface area (Å²) in [5.74, 6) is 0.328. The van der Waals surface area contributed by atoms with Gasteiger partial charge in [0.15, 0.2) is 0 Å². The van der Waals surface area contributed by atoms with Gasteiger partial charge in [-0.05, 0) is 6.92 Å². The second kappa shape index (κ2) is 3.00. The molecule has 0 aromatic rings. The highest BCUT2D eigenvalue weighted by Gasteiger charge is 2.54. The zero-order valence-corrected chi connectivity index (χ0v) is 7.49. The van der Waals surface area contributed by atoms with Gasteiger partial charge < -0.3 is 10.1 Å². The first-order chi connectivity index (χ1) is 6.24. The number of fused-ring (bicyclic) bond motifs is 1. The third-order valence-corrected chi connectivity index (χ3v) is 2.85. The number of carbonyl (C=O) groups is 1. The molecule has 70 valence electrons. The van der Waals surface area contributed by atoms with E-state index in [9.17, 15) is 4.79 Å². The van der Waals surface area contributed by atoms with Crippen LogP contribution in [0.1, 0.15) is 6.92 Å². The van der Waals surface area contributed by atoms with E-state index in [1.54, 1.807) is 6.92 Å². The highest BCUT2D eigenvalue weighted by atomic mass is 16.5. The Labute approximate surface area is 76.9 Å². The molecule has 13 heavy (non-hydrogen) atoms. The van der Waals surface area contributed by atoms with Gasteiger partial charge in [0.1, 0.15) is 5.92 Å². The first-order valence-electron chi connectivity index (χ1n) is 4.51. The Hall–Kier alpha value is -1.08. The summed E-state index contributed by atoms with van der Waals surface area (Å²) in [5, 5.41) is 11.4. The van der Waals surface area contributed by atoms with Crippen molar-refractivity contribution in [2.45, 2.75) is 13.0 Å². The summed E-state index contributed by atoms with van der Waals surface area (Å²) in [5.41, 5.74) is 0. The molecule has 1 saturated carbocycles. The lowest BCUT2D eigenvalue weighted by atomic mass is 10.2. The van der Waals surface area contributed by atoms with Crippen molar-refractivity contribution >= 4 is 5.91 Å². The first kappa shape index (κ1) is 8.52. The number of amides is 1. The molecule has 2 rings (SSSR count). The number of ether oxygens (including phenoxy) is 1. The molecule has 1 N–H and O–H groups in total. The van der Waals surface area contributed by atoms with E-state index in [0.717, 1.165) is 13.2 Å². The van der Waals surface area contributed by atoms with Crippen LogP contribution in [0, 0.1) is 29.1 Å². The summed E-state index contributed by atoms with van der Waals surface area (Å²) in [6.45, 7) is 3.14. The normalized spacial score (nSPS) is 37.4. The van der Waals surface area contributed by atoms with Crippen LogP contribution in [0.3, 0.4) is 0 Å². The molecule has 0 spiro atoms. The third-order valence-electron chi connectivity index (χ3n) is 2.85. The molecule has 1 unspecified atom stereocenters. The Morgan fingerprint density at radius 1 is 1.62 bits per heavy atom. The van der Waals surface area contributed by atoms with E-state index in [1.807, 2.05) is 6.07 Å². The molecule has 3 atom stereocenters. The topological polar surface area (TPSA) is 62.1 Å².